The lowest BCUT2D eigenvalue weighted by molar-refractivity contribution is 0.0847. The SMILES string of the molecule is COC1CCCC1NCc1c(C)nn(C)c1C. The summed E-state index contributed by atoms with van der Waals surface area (Å²) in [6, 6.07) is 0.499. The van der Waals surface area contributed by atoms with Crippen LogP contribution in [0, 0.1) is 13.8 Å². The maximum absolute atomic E-state index is 5.49. The molecule has 0 radical (unpaired) electrons. The fraction of sp³-hybridized carbons (Fsp3) is 0.769. The van der Waals surface area contributed by atoms with E-state index in [1.807, 2.05) is 18.8 Å². The Labute approximate surface area is 103 Å². The molecule has 1 aromatic heterocycles. The summed E-state index contributed by atoms with van der Waals surface area (Å²) >= 11 is 0. The van der Waals surface area contributed by atoms with E-state index < -0.39 is 0 Å². The smallest absolute Gasteiger partial charge is 0.0724 e. The second-order valence-corrected chi connectivity index (χ2v) is 4.97. The van der Waals surface area contributed by atoms with Crippen LogP contribution in [0.15, 0.2) is 0 Å². The summed E-state index contributed by atoms with van der Waals surface area (Å²) < 4.78 is 7.45. The molecule has 0 amide bonds. The van der Waals surface area contributed by atoms with Crippen molar-refractivity contribution >= 4 is 0 Å². The Morgan fingerprint density at radius 3 is 2.76 bits per heavy atom. The van der Waals surface area contributed by atoms with E-state index in [-0.39, 0.29) is 0 Å². The summed E-state index contributed by atoms with van der Waals surface area (Å²) in [4.78, 5) is 0. The number of rotatable bonds is 4. The largest absolute Gasteiger partial charge is 0.380 e. The van der Waals surface area contributed by atoms with Gasteiger partial charge >= 0.3 is 0 Å². The quantitative estimate of drug-likeness (QED) is 0.866. The fourth-order valence-electron chi connectivity index (χ4n) is 2.75. The van der Waals surface area contributed by atoms with Gasteiger partial charge in [-0.1, -0.05) is 0 Å². The molecule has 2 atom stereocenters. The molecule has 4 heteroatoms. The summed E-state index contributed by atoms with van der Waals surface area (Å²) in [7, 11) is 3.81. The van der Waals surface area contributed by atoms with Crippen LogP contribution in [-0.2, 0) is 18.3 Å². The molecule has 0 aromatic carbocycles. The van der Waals surface area contributed by atoms with Crippen LogP contribution in [0.3, 0.4) is 0 Å². The van der Waals surface area contributed by atoms with E-state index >= 15 is 0 Å². The summed E-state index contributed by atoms with van der Waals surface area (Å²) in [5.74, 6) is 0. The molecule has 4 nitrogen and oxygen atoms in total. The minimum Gasteiger partial charge on any atom is -0.380 e. The fourth-order valence-corrected chi connectivity index (χ4v) is 2.75. The lowest BCUT2D eigenvalue weighted by Gasteiger charge is -2.19. The predicted molar refractivity (Wildman–Crippen MR) is 68.0 cm³/mol. The first-order valence-corrected chi connectivity index (χ1v) is 6.38. The summed E-state index contributed by atoms with van der Waals surface area (Å²) in [5.41, 5.74) is 3.71. The summed E-state index contributed by atoms with van der Waals surface area (Å²) in [5, 5.41) is 8.06. The lowest BCUT2D eigenvalue weighted by atomic mass is 10.1. The average Bonchev–Trinajstić information content (AvgIpc) is 2.84. The molecular weight excluding hydrogens is 214 g/mol. The van der Waals surface area contributed by atoms with Crippen LogP contribution in [0.4, 0.5) is 0 Å². The highest BCUT2D eigenvalue weighted by atomic mass is 16.5. The van der Waals surface area contributed by atoms with Gasteiger partial charge in [0.25, 0.3) is 0 Å². The molecule has 0 spiro atoms. The number of hydrogen-bond acceptors (Lipinski definition) is 3. The van der Waals surface area contributed by atoms with Crippen molar-refractivity contribution in [2.24, 2.45) is 7.05 Å². The molecule has 1 aromatic rings. The van der Waals surface area contributed by atoms with Gasteiger partial charge < -0.3 is 10.1 Å². The van der Waals surface area contributed by atoms with Gasteiger partial charge in [-0.2, -0.15) is 5.10 Å². The Balaban J connectivity index is 1.97. The molecule has 1 fully saturated rings. The van der Waals surface area contributed by atoms with Crippen LogP contribution in [-0.4, -0.2) is 29.0 Å². The van der Waals surface area contributed by atoms with E-state index in [1.165, 1.54) is 30.5 Å². The Morgan fingerprint density at radius 1 is 1.41 bits per heavy atom. The predicted octanol–water partition coefficient (Wildman–Crippen LogP) is 1.69. The molecule has 1 N–H and O–H groups in total. The number of aromatic nitrogens is 2. The number of methoxy groups -OCH3 is 1. The number of hydrogen-bond donors (Lipinski definition) is 1. The van der Waals surface area contributed by atoms with Crippen LogP contribution >= 0.6 is 0 Å². The first-order chi connectivity index (χ1) is 8.13. The molecule has 2 unspecified atom stereocenters. The molecule has 1 heterocycles. The van der Waals surface area contributed by atoms with E-state index in [1.54, 1.807) is 0 Å². The third kappa shape index (κ3) is 2.53. The Morgan fingerprint density at radius 2 is 2.18 bits per heavy atom. The zero-order chi connectivity index (χ0) is 12.4. The molecule has 1 aliphatic rings. The lowest BCUT2D eigenvalue weighted by Crippen LogP contribution is -2.36. The second-order valence-electron chi connectivity index (χ2n) is 4.97. The minimum absolute atomic E-state index is 0.382. The highest BCUT2D eigenvalue weighted by Crippen LogP contribution is 2.22. The number of nitrogens with one attached hydrogen (secondary N) is 1. The molecule has 0 aliphatic heterocycles. The third-order valence-corrected chi connectivity index (χ3v) is 3.96. The van der Waals surface area contributed by atoms with E-state index in [0.29, 0.717) is 12.1 Å². The standard InChI is InChI=1S/C13H23N3O/c1-9-11(10(2)16(3)15-9)8-14-12-6-5-7-13(12)17-4/h12-14H,5-8H2,1-4H3. The highest BCUT2D eigenvalue weighted by molar-refractivity contribution is 5.24. The van der Waals surface area contributed by atoms with Crippen molar-refractivity contribution in [2.45, 2.75) is 51.8 Å². The molecule has 96 valence electrons. The van der Waals surface area contributed by atoms with Crippen molar-refractivity contribution in [3.8, 4) is 0 Å². The topological polar surface area (TPSA) is 39.1 Å². The van der Waals surface area contributed by atoms with Crippen LogP contribution in [0.25, 0.3) is 0 Å². The van der Waals surface area contributed by atoms with Crippen molar-refractivity contribution in [2.75, 3.05) is 7.11 Å². The first-order valence-electron chi connectivity index (χ1n) is 6.38. The first kappa shape index (κ1) is 12.6. The normalized spacial score (nSPS) is 24.5. The van der Waals surface area contributed by atoms with Gasteiger partial charge in [0, 0.05) is 38.0 Å². The zero-order valence-electron chi connectivity index (χ0n) is 11.3. The van der Waals surface area contributed by atoms with Gasteiger partial charge in [-0.15, -0.1) is 0 Å². The molecule has 0 saturated heterocycles. The maximum atomic E-state index is 5.49. The Kier molecular flexibility index (Phi) is 3.84. The van der Waals surface area contributed by atoms with Crippen molar-refractivity contribution in [1.82, 2.24) is 15.1 Å². The Hall–Kier alpha value is -0.870. The van der Waals surface area contributed by atoms with Gasteiger partial charge in [0.05, 0.1) is 11.8 Å². The van der Waals surface area contributed by atoms with E-state index in [9.17, 15) is 0 Å². The second kappa shape index (κ2) is 5.19. The van der Waals surface area contributed by atoms with Crippen molar-refractivity contribution in [1.29, 1.82) is 0 Å². The van der Waals surface area contributed by atoms with Gasteiger partial charge in [-0.25, -0.2) is 0 Å². The van der Waals surface area contributed by atoms with Crippen LogP contribution in [0.1, 0.15) is 36.2 Å². The number of nitrogens with zero attached hydrogens (tertiary/aromatic N) is 2. The molecule has 1 saturated carbocycles. The van der Waals surface area contributed by atoms with Crippen LogP contribution < -0.4 is 5.32 Å². The zero-order valence-corrected chi connectivity index (χ0v) is 11.3. The average molecular weight is 237 g/mol. The van der Waals surface area contributed by atoms with Crippen LogP contribution in [0.2, 0.25) is 0 Å². The van der Waals surface area contributed by atoms with Gasteiger partial charge in [0.15, 0.2) is 0 Å². The molecular formula is C13H23N3O. The minimum atomic E-state index is 0.382. The van der Waals surface area contributed by atoms with Crippen LogP contribution in [0.5, 0.6) is 0 Å². The van der Waals surface area contributed by atoms with Crippen molar-refractivity contribution in [3.05, 3.63) is 17.0 Å². The van der Waals surface area contributed by atoms with E-state index in [4.69, 9.17) is 4.74 Å². The van der Waals surface area contributed by atoms with Gasteiger partial charge in [-0.3, -0.25) is 4.68 Å². The molecule has 1 aliphatic carbocycles. The maximum Gasteiger partial charge on any atom is 0.0724 e. The monoisotopic (exact) mass is 237 g/mol. The van der Waals surface area contributed by atoms with E-state index in [2.05, 4.69) is 24.3 Å². The molecule has 2 rings (SSSR count). The summed E-state index contributed by atoms with van der Waals surface area (Å²) in [6.07, 6.45) is 4.05. The molecule has 0 bridgehead atoms. The summed E-state index contributed by atoms with van der Waals surface area (Å²) in [6.45, 7) is 5.10. The van der Waals surface area contributed by atoms with Crippen molar-refractivity contribution < 1.29 is 4.74 Å². The third-order valence-electron chi connectivity index (χ3n) is 3.96. The highest BCUT2D eigenvalue weighted by Gasteiger charge is 2.26. The number of ether oxygens (including phenoxy) is 1. The Bertz CT molecular complexity index is 386. The molecule has 17 heavy (non-hydrogen) atoms. The number of aryl methyl sites for hydroxylation is 2. The van der Waals surface area contributed by atoms with Crippen molar-refractivity contribution in [3.63, 3.8) is 0 Å². The van der Waals surface area contributed by atoms with Gasteiger partial charge in [0.2, 0.25) is 0 Å². The van der Waals surface area contributed by atoms with Gasteiger partial charge in [0.1, 0.15) is 0 Å². The van der Waals surface area contributed by atoms with E-state index in [0.717, 1.165) is 12.2 Å². The van der Waals surface area contributed by atoms with Gasteiger partial charge in [-0.05, 0) is 33.1 Å².